The number of likely N-dealkylation sites (tertiary alicyclic amines) is 1. The summed E-state index contributed by atoms with van der Waals surface area (Å²) in [5.74, 6) is -0.0769. The lowest BCUT2D eigenvalue weighted by molar-refractivity contribution is -0.129. The van der Waals surface area contributed by atoms with Crippen molar-refractivity contribution in [3.05, 3.63) is 22.4 Å². The van der Waals surface area contributed by atoms with Crippen molar-refractivity contribution >= 4 is 23.2 Å². The molecule has 1 N–H and O–H groups in total. The monoisotopic (exact) mass is 282 g/mol. The zero-order valence-electron chi connectivity index (χ0n) is 11.1. The Labute approximate surface area is 116 Å². The molecule has 2 rings (SSSR count). The van der Waals surface area contributed by atoms with Gasteiger partial charge in [-0.05, 0) is 18.4 Å². The van der Waals surface area contributed by atoms with Crippen LogP contribution < -0.4 is 5.32 Å². The summed E-state index contributed by atoms with van der Waals surface area (Å²) in [5.41, 5.74) is 0. The number of rotatable bonds is 5. The van der Waals surface area contributed by atoms with E-state index in [-0.39, 0.29) is 23.8 Å². The van der Waals surface area contributed by atoms with Gasteiger partial charge in [0.15, 0.2) is 0 Å². The van der Waals surface area contributed by atoms with Gasteiger partial charge in [-0.2, -0.15) is 0 Å². The molecule has 19 heavy (non-hydrogen) atoms. The molecule has 1 aromatic rings. The average molecular weight is 282 g/mol. The first-order valence-electron chi connectivity index (χ1n) is 6.24. The van der Waals surface area contributed by atoms with Crippen LogP contribution in [0.5, 0.6) is 0 Å². The summed E-state index contributed by atoms with van der Waals surface area (Å²) < 4.78 is 4.97. The molecular formula is C13H18N2O3S. The number of hydrogen-bond donors (Lipinski definition) is 1. The van der Waals surface area contributed by atoms with Crippen LogP contribution in [-0.4, -0.2) is 49.6 Å². The third-order valence-corrected chi connectivity index (χ3v) is 3.93. The van der Waals surface area contributed by atoms with Crippen LogP contribution in [0.15, 0.2) is 17.5 Å². The summed E-state index contributed by atoms with van der Waals surface area (Å²) in [6.07, 6.45) is 0. The molecular weight excluding hydrogens is 264 g/mol. The quantitative estimate of drug-likeness (QED) is 0.875. The van der Waals surface area contributed by atoms with Gasteiger partial charge in [0, 0.05) is 26.2 Å². The first-order valence-corrected chi connectivity index (χ1v) is 7.12. The molecule has 0 radical (unpaired) electrons. The Bertz CT molecular complexity index is 441. The zero-order valence-corrected chi connectivity index (χ0v) is 11.9. The average Bonchev–Trinajstić information content (AvgIpc) is 2.79. The number of methoxy groups -OCH3 is 1. The zero-order chi connectivity index (χ0) is 13.8. The Kier molecular flexibility index (Phi) is 4.55. The van der Waals surface area contributed by atoms with Gasteiger partial charge in [-0.15, -0.1) is 11.3 Å². The van der Waals surface area contributed by atoms with E-state index in [0.717, 1.165) is 4.88 Å². The number of carbonyl (C=O) groups excluding carboxylic acids is 2. The minimum absolute atomic E-state index is 0.000204. The Balaban J connectivity index is 1.77. The van der Waals surface area contributed by atoms with Crippen molar-refractivity contribution in [3.8, 4) is 0 Å². The van der Waals surface area contributed by atoms with Gasteiger partial charge in [0.05, 0.1) is 17.4 Å². The van der Waals surface area contributed by atoms with Gasteiger partial charge in [-0.25, -0.2) is 0 Å². The minimum atomic E-state index is -0.0942. The number of amides is 2. The predicted octanol–water partition coefficient (Wildman–Crippen LogP) is 0.971. The standard InChI is InChI=1S/C13H18N2O3S/c1-9(8-18-2)14-12(16)10-6-15(7-10)13(17)11-4-3-5-19-11/h3-5,9-10H,6-8H2,1-2H3,(H,14,16)/t9-/m1/s1. The van der Waals surface area contributed by atoms with Crippen molar-refractivity contribution in [2.75, 3.05) is 26.8 Å². The summed E-state index contributed by atoms with van der Waals surface area (Å²) in [6.45, 7) is 3.40. The second-order valence-electron chi connectivity index (χ2n) is 4.75. The van der Waals surface area contributed by atoms with E-state index in [0.29, 0.717) is 19.7 Å². The van der Waals surface area contributed by atoms with Gasteiger partial charge in [0.2, 0.25) is 5.91 Å². The molecule has 5 nitrogen and oxygen atoms in total. The number of ether oxygens (including phenoxy) is 1. The van der Waals surface area contributed by atoms with Gasteiger partial charge in [-0.3, -0.25) is 9.59 Å². The first-order chi connectivity index (χ1) is 9.11. The highest BCUT2D eigenvalue weighted by atomic mass is 32.1. The Morgan fingerprint density at radius 3 is 2.89 bits per heavy atom. The number of thiophene rings is 1. The molecule has 1 atom stereocenters. The van der Waals surface area contributed by atoms with Crippen molar-refractivity contribution in [1.29, 1.82) is 0 Å². The number of nitrogens with one attached hydrogen (secondary N) is 1. The van der Waals surface area contributed by atoms with Crippen molar-refractivity contribution in [3.63, 3.8) is 0 Å². The molecule has 2 amide bonds. The maximum Gasteiger partial charge on any atom is 0.263 e. The molecule has 6 heteroatoms. The van der Waals surface area contributed by atoms with Crippen molar-refractivity contribution in [2.45, 2.75) is 13.0 Å². The summed E-state index contributed by atoms with van der Waals surface area (Å²) in [7, 11) is 1.60. The maximum absolute atomic E-state index is 12.0. The number of carbonyl (C=O) groups is 2. The second-order valence-corrected chi connectivity index (χ2v) is 5.70. The van der Waals surface area contributed by atoms with E-state index < -0.39 is 0 Å². The summed E-state index contributed by atoms with van der Waals surface area (Å²) in [6, 6.07) is 3.66. The minimum Gasteiger partial charge on any atom is -0.383 e. The van der Waals surface area contributed by atoms with Crippen LogP contribution in [0, 0.1) is 5.92 Å². The molecule has 0 aromatic carbocycles. The number of nitrogens with zero attached hydrogens (tertiary/aromatic N) is 1. The molecule has 1 fully saturated rings. The fourth-order valence-electron chi connectivity index (χ4n) is 2.02. The van der Waals surface area contributed by atoms with E-state index in [1.54, 1.807) is 18.1 Å². The maximum atomic E-state index is 12.0. The fraction of sp³-hybridized carbons (Fsp3) is 0.538. The highest BCUT2D eigenvalue weighted by molar-refractivity contribution is 7.12. The molecule has 104 valence electrons. The van der Waals surface area contributed by atoms with E-state index in [2.05, 4.69) is 5.32 Å². The Hall–Kier alpha value is -1.40. The smallest absolute Gasteiger partial charge is 0.263 e. The van der Waals surface area contributed by atoms with Gasteiger partial charge in [0.25, 0.3) is 5.91 Å². The fourth-order valence-corrected chi connectivity index (χ4v) is 2.71. The highest BCUT2D eigenvalue weighted by Crippen LogP contribution is 2.21. The molecule has 0 spiro atoms. The van der Waals surface area contributed by atoms with Gasteiger partial charge < -0.3 is 15.0 Å². The van der Waals surface area contributed by atoms with Crippen molar-refractivity contribution < 1.29 is 14.3 Å². The van der Waals surface area contributed by atoms with E-state index >= 15 is 0 Å². The van der Waals surface area contributed by atoms with Gasteiger partial charge in [0.1, 0.15) is 0 Å². The van der Waals surface area contributed by atoms with Crippen LogP contribution in [0.2, 0.25) is 0 Å². The first kappa shape index (κ1) is 14.0. The number of hydrogen-bond acceptors (Lipinski definition) is 4. The van der Waals surface area contributed by atoms with E-state index in [1.165, 1.54) is 11.3 Å². The lowest BCUT2D eigenvalue weighted by atomic mass is 9.98. The summed E-state index contributed by atoms with van der Waals surface area (Å²) >= 11 is 1.43. The van der Waals surface area contributed by atoms with Crippen LogP contribution in [0.25, 0.3) is 0 Å². The molecule has 0 bridgehead atoms. The molecule has 1 aliphatic heterocycles. The lowest BCUT2D eigenvalue weighted by Gasteiger charge is -2.38. The molecule has 1 aliphatic rings. The van der Waals surface area contributed by atoms with Gasteiger partial charge >= 0.3 is 0 Å². The molecule has 1 saturated heterocycles. The molecule has 0 saturated carbocycles. The van der Waals surface area contributed by atoms with Crippen LogP contribution >= 0.6 is 11.3 Å². The van der Waals surface area contributed by atoms with E-state index in [1.807, 2.05) is 18.4 Å². The largest absolute Gasteiger partial charge is 0.383 e. The van der Waals surface area contributed by atoms with Gasteiger partial charge in [-0.1, -0.05) is 6.07 Å². The third kappa shape index (κ3) is 3.33. The van der Waals surface area contributed by atoms with Crippen LogP contribution in [0.3, 0.4) is 0 Å². The van der Waals surface area contributed by atoms with E-state index in [9.17, 15) is 9.59 Å². The normalized spacial score (nSPS) is 16.8. The molecule has 0 unspecified atom stereocenters. The predicted molar refractivity (Wildman–Crippen MR) is 73.2 cm³/mol. The Morgan fingerprint density at radius 1 is 1.58 bits per heavy atom. The van der Waals surface area contributed by atoms with Crippen LogP contribution in [0.1, 0.15) is 16.6 Å². The lowest BCUT2D eigenvalue weighted by Crippen LogP contribution is -2.56. The topological polar surface area (TPSA) is 58.6 Å². The van der Waals surface area contributed by atoms with Crippen molar-refractivity contribution in [1.82, 2.24) is 10.2 Å². The molecule has 0 aliphatic carbocycles. The second kappa shape index (κ2) is 6.16. The SMILES string of the molecule is COC[C@@H](C)NC(=O)C1CN(C(=O)c2cccs2)C1. The Morgan fingerprint density at radius 2 is 2.32 bits per heavy atom. The van der Waals surface area contributed by atoms with E-state index in [4.69, 9.17) is 4.74 Å². The third-order valence-electron chi connectivity index (χ3n) is 3.08. The van der Waals surface area contributed by atoms with Crippen LogP contribution in [0.4, 0.5) is 0 Å². The molecule has 2 heterocycles. The highest BCUT2D eigenvalue weighted by Gasteiger charge is 2.36. The molecule has 1 aromatic heterocycles. The summed E-state index contributed by atoms with van der Waals surface area (Å²) in [4.78, 5) is 26.3. The van der Waals surface area contributed by atoms with Crippen LogP contribution in [-0.2, 0) is 9.53 Å². The van der Waals surface area contributed by atoms with Crippen molar-refractivity contribution in [2.24, 2.45) is 5.92 Å². The summed E-state index contributed by atoms with van der Waals surface area (Å²) in [5, 5.41) is 4.76.